The molecule has 2 amide bonds. The van der Waals surface area contributed by atoms with Crippen LogP contribution in [0.2, 0.25) is 0 Å². The van der Waals surface area contributed by atoms with Crippen molar-refractivity contribution in [2.24, 2.45) is 0 Å². The fraction of sp³-hybridized carbons (Fsp3) is 0.269. The van der Waals surface area contributed by atoms with Crippen molar-refractivity contribution >= 4 is 22.8 Å². The lowest BCUT2D eigenvalue weighted by atomic mass is 10.0. The Morgan fingerprint density at radius 2 is 1.59 bits per heavy atom. The first kappa shape index (κ1) is 21.9. The normalized spacial score (nSPS) is 14.2. The van der Waals surface area contributed by atoms with E-state index in [1.54, 1.807) is 38.9 Å². The van der Waals surface area contributed by atoms with E-state index in [-0.39, 0.29) is 23.5 Å². The fourth-order valence-corrected chi connectivity index (χ4v) is 4.39. The summed E-state index contributed by atoms with van der Waals surface area (Å²) in [4.78, 5) is 29.8. The molecule has 8 heteroatoms. The maximum absolute atomic E-state index is 13.4. The molecule has 3 heterocycles. The van der Waals surface area contributed by atoms with Crippen molar-refractivity contribution in [2.45, 2.75) is 19.8 Å². The molecule has 174 valence electrons. The van der Waals surface area contributed by atoms with E-state index in [1.807, 2.05) is 38.1 Å². The van der Waals surface area contributed by atoms with Crippen molar-refractivity contribution in [1.29, 1.82) is 0 Å². The van der Waals surface area contributed by atoms with Gasteiger partial charge in [0.1, 0.15) is 11.4 Å². The van der Waals surface area contributed by atoms with Crippen molar-refractivity contribution in [3.63, 3.8) is 0 Å². The van der Waals surface area contributed by atoms with E-state index in [1.165, 1.54) is 12.1 Å². The molecule has 0 radical (unpaired) electrons. The Kier molecular flexibility index (Phi) is 5.65. The highest BCUT2D eigenvalue weighted by Crippen LogP contribution is 2.25. The number of benzene rings is 2. The van der Waals surface area contributed by atoms with Crippen LogP contribution in [0.1, 0.15) is 46.4 Å². The van der Waals surface area contributed by atoms with Crippen molar-refractivity contribution < 1.29 is 18.4 Å². The Bertz CT molecular complexity index is 1320. The SMILES string of the molecule is CC(C)c1c(C(=O)N2CCN(C(=O)c3cc4ccccc4o3)CC2)cnn1-c1ccc(F)cc1. The van der Waals surface area contributed by atoms with E-state index in [0.29, 0.717) is 48.8 Å². The maximum atomic E-state index is 13.4. The van der Waals surface area contributed by atoms with Crippen molar-refractivity contribution in [3.05, 3.63) is 83.6 Å². The molecule has 0 aliphatic carbocycles. The molecule has 34 heavy (non-hydrogen) atoms. The third-order valence-electron chi connectivity index (χ3n) is 6.15. The second-order valence-electron chi connectivity index (χ2n) is 8.72. The van der Waals surface area contributed by atoms with Gasteiger partial charge in [0.05, 0.1) is 23.1 Å². The first-order valence-corrected chi connectivity index (χ1v) is 11.3. The first-order chi connectivity index (χ1) is 16.4. The van der Waals surface area contributed by atoms with Crippen LogP contribution in [0.5, 0.6) is 0 Å². The van der Waals surface area contributed by atoms with E-state index in [9.17, 15) is 14.0 Å². The topological polar surface area (TPSA) is 71.6 Å². The van der Waals surface area contributed by atoms with Crippen LogP contribution in [-0.2, 0) is 0 Å². The molecule has 1 saturated heterocycles. The molecule has 0 N–H and O–H groups in total. The van der Waals surface area contributed by atoms with E-state index < -0.39 is 0 Å². The predicted molar refractivity (Wildman–Crippen MR) is 126 cm³/mol. The number of hydrogen-bond donors (Lipinski definition) is 0. The zero-order chi connectivity index (χ0) is 23.8. The minimum absolute atomic E-state index is 0.0301. The van der Waals surface area contributed by atoms with Gasteiger partial charge < -0.3 is 14.2 Å². The Morgan fingerprint density at radius 1 is 0.941 bits per heavy atom. The average Bonchev–Trinajstić information content (AvgIpc) is 3.49. The minimum Gasteiger partial charge on any atom is -0.451 e. The number of nitrogens with zero attached hydrogens (tertiary/aromatic N) is 4. The molecule has 0 unspecified atom stereocenters. The lowest BCUT2D eigenvalue weighted by molar-refractivity contribution is 0.0518. The molecule has 2 aromatic heterocycles. The number of rotatable bonds is 4. The van der Waals surface area contributed by atoms with Crippen LogP contribution in [0.15, 0.2) is 65.2 Å². The van der Waals surface area contributed by atoms with Crippen LogP contribution in [0.3, 0.4) is 0 Å². The molecule has 4 aromatic rings. The van der Waals surface area contributed by atoms with Gasteiger partial charge in [0.2, 0.25) is 0 Å². The van der Waals surface area contributed by atoms with E-state index in [0.717, 1.165) is 11.1 Å². The molecule has 1 aliphatic rings. The lowest BCUT2D eigenvalue weighted by Gasteiger charge is -2.34. The third-order valence-corrected chi connectivity index (χ3v) is 6.15. The smallest absolute Gasteiger partial charge is 0.289 e. The van der Waals surface area contributed by atoms with Crippen molar-refractivity contribution in [1.82, 2.24) is 19.6 Å². The number of halogens is 1. The van der Waals surface area contributed by atoms with Crippen LogP contribution in [0, 0.1) is 5.82 Å². The Labute approximate surface area is 196 Å². The second kappa shape index (κ2) is 8.78. The number of carbonyl (C=O) groups is 2. The summed E-state index contributed by atoms with van der Waals surface area (Å²) in [5.74, 6) is -0.275. The number of para-hydroxylation sites is 1. The first-order valence-electron chi connectivity index (χ1n) is 11.3. The largest absolute Gasteiger partial charge is 0.451 e. The molecule has 0 spiro atoms. The Morgan fingerprint density at radius 3 is 2.24 bits per heavy atom. The van der Waals surface area contributed by atoms with Crippen LogP contribution in [0.4, 0.5) is 4.39 Å². The number of aromatic nitrogens is 2. The number of fused-ring (bicyclic) bond motifs is 1. The van der Waals surface area contributed by atoms with E-state index in [2.05, 4.69) is 5.10 Å². The number of amides is 2. The van der Waals surface area contributed by atoms with E-state index >= 15 is 0 Å². The molecular formula is C26H25FN4O3. The minimum atomic E-state index is -0.326. The summed E-state index contributed by atoms with van der Waals surface area (Å²) < 4.78 is 20.8. The summed E-state index contributed by atoms with van der Waals surface area (Å²) in [5, 5.41) is 5.31. The number of carbonyl (C=O) groups excluding carboxylic acids is 2. The summed E-state index contributed by atoms with van der Waals surface area (Å²) in [7, 11) is 0. The molecule has 1 aliphatic heterocycles. The molecule has 0 saturated carbocycles. The van der Waals surface area contributed by atoms with Crippen LogP contribution < -0.4 is 0 Å². The molecule has 0 atom stereocenters. The molecule has 2 aromatic carbocycles. The molecule has 7 nitrogen and oxygen atoms in total. The van der Waals surface area contributed by atoms with Gasteiger partial charge in [0.15, 0.2) is 5.76 Å². The number of piperazine rings is 1. The van der Waals surface area contributed by atoms with Gasteiger partial charge in [-0.1, -0.05) is 32.0 Å². The van der Waals surface area contributed by atoms with Crippen LogP contribution >= 0.6 is 0 Å². The van der Waals surface area contributed by atoms with Gasteiger partial charge in [0, 0.05) is 31.6 Å². The highest BCUT2D eigenvalue weighted by atomic mass is 19.1. The van der Waals surface area contributed by atoms with Gasteiger partial charge in [0.25, 0.3) is 11.8 Å². The molecular weight excluding hydrogens is 435 g/mol. The summed E-state index contributed by atoms with van der Waals surface area (Å²) in [6.07, 6.45) is 1.58. The van der Waals surface area contributed by atoms with Gasteiger partial charge in [-0.25, -0.2) is 9.07 Å². The summed E-state index contributed by atoms with van der Waals surface area (Å²) >= 11 is 0. The van der Waals surface area contributed by atoms with Gasteiger partial charge in [-0.15, -0.1) is 0 Å². The standard InChI is InChI=1S/C26H25FN4O3/c1-17(2)24-21(16-28-31(24)20-9-7-19(27)8-10-20)25(32)29-11-13-30(14-12-29)26(33)23-15-18-5-3-4-6-22(18)34-23/h3-10,15-17H,11-14H2,1-2H3. The third kappa shape index (κ3) is 3.96. The Hall–Kier alpha value is -3.94. The van der Waals surface area contributed by atoms with Crippen LogP contribution in [-0.4, -0.2) is 57.6 Å². The fourth-order valence-electron chi connectivity index (χ4n) is 4.39. The second-order valence-corrected chi connectivity index (χ2v) is 8.72. The predicted octanol–water partition coefficient (Wildman–Crippen LogP) is 4.48. The van der Waals surface area contributed by atoms with Gasteiger partial charge >= 0.3 is 0 Å². The molecule has 1 fully saturated rings. The number of hydrogen-bond acceptors (Lipinski definition) is 4. The van der Waals surface area contributed by atoms with Crippen LogP contribution in [0.25, 0.3) is 16.7 Å². The van der Waals surface area contributed by atoms with E-state index in [4.69, 9.17) is 4.42 Å². The molecule has 5 rings (SSSR count). The highest BCUT2D eigenvalue weighted by Gasteiger charge is 2.30. The average molecular weight is 461 g/mol. The zero-order valence-electron chi connectivity index (χ0n) is 19.1. The van der Waals surface area contributed by atoms with Crippen molar-refractivity contribution in [2.75, 3.05) is 26.2 Å². The van der Waals surface area contributed by atoms with Gasteiger partial charge in [-0.05, 0) is 42.3 Å². The summed E-state index contributed by atoms with van der Waals surface area (Å²) in [6, 6.07) is 15.3. The van der Waals surface area contributed by atoms with Crippen molar-refractivity contribution in [3.8, 4) is 5.69 Å². The van der Waals surface area contributed by atoms with Gasteiger partial charge in [-0.3, -0.25) is 9.59 Å². The quantitative estimate of drug-likeness (QED) is 0.450. The molecule has 0 bridgehead atoms. The highest BCUT2D eigenvalue weighted by molar-refractivity contribution is 5.97. The zero-order valence-corrected chi connectivity index (χ0v) is 19.1. The monoisotopic (exact) mass is 460 g/mol. The Balaban J connectivity index is 1.31. The summed E-state index contributed by atoms with van der Waals surface area (Å²) in [6.45, 7) is 5.68. The number of furan rings is 1. The van der Waals surface area contributed by atoms with Gasteiger partial charge in [-0.2, -0.15) is 5.10 Å². The summed E-state index contributed by atoms with van der Waals surface area (Å²) in [5.41, 5.74) is 2.68. The maximum Gasteiger partial charge on any atom is 0.289 e. The lowest BCUT2D eigenvalue weighted by Crippen LogP contribution is -2.50.